The summed E-state index contributed by atoms with van der Waals surface area (Å²) < 4.78 is 1.99. The Hall–Kier alpha value is -1.61. The number of rotatable bonds is 3. The predicted octanol–water partition coefficient (Wildman–Crippen LogP) is 3.13. The molecule has 3 nitrogen and oxygen atoms in total. The van der Waals surface area contributed by atoms with Crippen molar-refractivity contribution in [3.63, 3.8) is 0 Å². The molecule has 0 aliphatic rings. The lowest BCUT2D eigenvalue weighted by Crippen LogP contribution is -2.19. The summed E-state index contributed by atoms with van der Waals surface area (Å²) in [6.07, 6.45) is 1.82. The van der Waals surface area contributed by atoms with Crippen molar-refractivity contribution in [2.45, 2.75) is 39.8 Å². The summed E-state index contributed by atoms with van der Waals surface area (Å²) in [5.74, 6) is 0. The minimum Gasteiger partial charge on any atom is -0.319 e. The van der Waals surface area contributed by atoms with Gasteiger partial charge in [0.2, 0.25) is 0 Å². The highest BCUT2D eigenvalue weighted by Gasteiger charge is 2.15. The van der Waals surface area contributed by atoms with E-state index in [4.69, 9.17) is 5.73 Å². The van der Waals surface area contributed by atoms with Crippen molar-refractivity contribution < 1.29 is 0 Å². The number of nitrogens with two attached hydrogens (primary N) is 1. The molecule has 1 aromatic carbocycles. The lowest BCUT2D eigenvalue weighted by Gasteiger charge is -2.18. The molecule has 0 amide bonds. The van der Waals surface area contributed by atoms with Crippen LogP contribution in [-0.4, -0.2) is 9.78 Å². The highest BCUT2D eigenvalue weighted by Crippen LogP contribution is 2.23. The van der Waals surface area contributed by atoms with Crippen LogP contribution >= 0.6 is 0 Å². The molecular formula is C15H21N3. The zero-order chi connectivity index (χ0) is 13.3. The van der Waals surface area contributed by atoms with Crippen molar-refractivity contribution in [2.75, 3.05) is 0 Å². The molecule has 2 aromatic rings. The fourth-order valence-electron chi connectivity index (χ4n) is 2.36. The first-order valence-corrected chi connectivity index (χ1v) is 6.36. The number of aryl methyl sites for hydroxylation is 2. The van der Waals surface area contributed by atoms with Gasteiger partial charge in [0.05, 0.1) is 11.7 Å². The Kier molecular flexibility index (Phi) is 3.53. The van der Waals surface area contributed by atoms with Gasteiger partial charge < -0.3 is 5.73 Å². The van der Waals surface area contributed by atoms with Gasteiger partial charge in [0.1, 0.15) is 0 Å². The van der Waals surface area contributed by atoms with Crippen LogP contribution < -0.4 is 5.73 Å². The zero-order valence-electron chi connectivity index (χ0n) is 11.5. The molecule has 0 radical (unpaired) electrons. The standard InChI is InChI=1S/C15H21N3/c1-10(2)18-14(5-6-17-18)15(16)13-8-11(3)7-12(4)9-13/h5-10,15H,16H2,1-4H3. The molecule has 18 heavy (non-hydrogen) atoms. The van der Waals surface area contributed by atoms with Gasteiger partial charge in [-0.1, -0.05) is 29.3 Å². The third-order valence-corrected chi connectivity index (χ3v) is 3.11. The normalized spacial score (nSPS) is 13.0. The van der Waals surface area contributed by atoms with Crippen LogP contribution in [-0.2, 0) is 0 Å². The van der Waals surface area contributed by atoms with E-state index < -0.39 is 0 Å². The van der Waals surface area contributed by atoms with Crippen molar-refractivity contribution in [3.8, 4) is 0 Å². The van der Waals surface area contributed by atoms with Crippen LogP contribution in [0.4, 0.5) is 0 Å². The van der Waals surface area contributed by atoms with E-state index >= 15 is 0 Å². The van der Waals surface area contributed by atoms with E-state index in [0.29, 0.717) is 6.04 Å². The maximum atomic E-state index is 6.38. The van der Waals surface area contributed by atoms with Gasteiger partial charge in [-0.2, -0.15) is 5.10 Å². The first-order chi connectivity index (χ1) is 8.49. The second-order valence-electron chi connectivity index (χ2n) is 5.19. The Balaban J connectivity index is 2.41. The first-order valence-electron chi connectivity index (χ1n) is 6.36. The van der Waals surface area contributed by atoms with E-state index in [1.165, 1.54) is 11.1 Å². The summed E-state index contributed by atoms with van der Waals surface area (Å²) >= 11 is 0. The molecule has 0 aliphatic carbocycles. The predicted molar refractivity (Wildman–Crippen MR) is 74.6 cm³/mol. The second-order valence-corrected chi connectivity index (χ2v) is 5.19. The molecule has 0 aliphatic heterocycles. The molecule has 0 spiro atoms. The lowest BCUT2D eigenvalue weighted by atomic mass is 9.99. The van der Waals surface area contributed by atoms with Crippen LogP contribution in [0, 0.1) is 13.8 Å². The number of benzene rings is 1. The minimum absolute atomic E-state index is 0.117. The Morgan fingerprint density at radius 3 is 2.28 bits per heavy atom. The first kappa shape index (κ1) is 12.8. The van der Waals surface area contributed by atoms with Crippen molar-refractivity contribution in [1.82, 2.24) is 9.78 Å². The number of aromatic nitrogens is 2. The maximum Gasteiger partial charge on any atom is 0.0723 e. The quantitative estimate of drug-likeness (QED) is 0.900. The van der Waals surface area contributed by atoms with Gasteiger partial charge in [0, 0.05) is 12.2 Å². The van der Waals surface area contributed by atoms with E-state index in [1.54, 1.807) is 0 Å². The van der Waals surface area contributed by atoms with Crippen LogP contribution in [0.3, 0.4) is 0 Å². The second kappa shape index (κ2) is 4.94. The third-order valence-electron chi connectivity index (χ3n) is 3.11. The van der Waals surface area contributed by atoms with Crippen LogP contribution in [0.1, 0.15) is 48.3 Å². The van der Waals surface area contributed by atoms with E-state index in [-0.39, 0.29) is 6.04 Å². The summed E-state index contributed by atoms with van der Waals surface area (Å²) in [6, 6.07) is 8.67. The summed E-state index contributed by atoms with van der Waals surface area (Å²) in [5, 5.41) is 4.34. The minimum atomic E-state index is -0.117. The van der Waals surface area contributed by atoms with E-state index in [0.717, 1.165) is 11.3 Å². The summed E-state index contributed by atoms with van der Waals surface area (Å²) in [5.41, 5.74) is 11.1. The molecular weight excluding hydrogens is 222 g/mol. The molecule has 0 fully saturated rings. The highest BCUT2D eigenvalue weighted by molar-refractivity contribution is 5.34. The molecule has 96 valence electrons. The summed E-state index contributed by atoms with van der Waals surface area (Å²) in [6.45, 7) is 8.43. The fraction of sp³-hybridized carbons (Fsp3) is 0.400. The van der Waals surface area contributed by atoms with Gasteiger partial charge in [-0.15, -0.1) is 0 Å². The maximum absolute atomic E-state index is 6.38. The summed E-state index contributed by atoms with van der Waals surface area (Å²) in [7, 11) is 0. The van der Waals surface area contributed by atoms with Crippen molar-refractivity contribution >= 4 is 0 Å². The highest BCUT2D eigenvalue weighted by atomic mass is 15.3. The average Bonchev–Trinajstić information content (AvgIpc) is 2.75. The molecule has 2 rings (SSSR count). The van der Waals surface area contributed by atoms with Crippen molar-refractivity contribution in [1.29, 1.82) is 0 Å². The van der Waals surface area contributed by atoms with Gasteiger partial charge in [0.15, 0.2) is 0 Å². The van der Waals surface area contributed by atoms with Gasteiger partial charge in [-0.25, -0.2) is 0 Å². The number of nitrogens with zero attached hydrogens (tertiary/aromatic N) is 2. The Morgan fingerprint density at radius 2 is 1.72 bits per heavy atom. The molecule has 1 aromatic heterocycles. The fourth-order valence-corrected chi connectivity index (χ4v) is 2.36. The number of hydrogen-bond acceptors (Lipinski definition) is 2. The van der Waals surface area contributed by atoms with E-state index in [1.807, 2.05) is 16.9 Å². The van der Waals surface area contributed by atoms with Crippen LogP contribution in [0.2, 0.25) is 0 Å². The van der Waals surface area contributed by atoms with Gasteiger partial charge in [-0.3, -0.25) is 4.68 Å². The topological polar surface area (TPSA) is 43.8 Å². The van der Waals surface area contributed by atoms with Crippen molar-refractivity contribution in [2.24, 2.45) is 5.73 Å². The van der Waals surface area contributed by atoms with Gasteiger partial charge in [-0.05, 0) is 39.3 Å². The smallest absolute Gasteiger partial charge is 0.0723 e. The van der Waals surface area contributed by atoms with Crippen molar-refractivity contribution in [3.05, 3.63) is 52.8 Å². The largest absolute Gasteiger partial charge is 0.319 e. The Bertz CT molecular complexity index is 520. The number of hydrogen-bond donors (Lipinski definition) is 1. The monoisotopic (exact) mass is 243 g/mol. The molecule has 0 saturated carbocycles. The van der Waals surface area contributed by atoms with Gasteiger partial charge in [0.25, 0.3) is 0 Å². The molecule has 1 heterocycles. The molecule has 1 unspecified atom stereocenters. The average molecular weight is 243 g/mol. The summed E-state index contributed by atoms with van der Waals surface area (Å²) in [4.78, 5) is 0. The van der Waals surface area contributed by atoms with Crippen LogP contribution in [0.25, 0.3) is 0 Å². The van der Waals surface area contributed by atoms with E-state index in [9.17, 15) is 0 Å². The lowest BCUT2D eigenvalue weighted by molar-refractivity contribution is 0.499. The third kappa shape index (κ3) is 2.46. The Labute approximate surface area is 109 Å². The Morgan fingerprint density at radius 1 is 1.11 bits per heavy atom. The SMILES string of the molecule is Cc1cc(C)cc(C(N)c2ccnn2C(C)C)c1. The molecule has 3 heteroatoms. The zero-order valence-corrected chi connectivity index (χ0v) is 11.5. The van der Waals surface area contributed by atoms with Crippen LogP contribution in [0.15, 0.2) is 30.5 Å². The van der Waals surface area contributed by atoms with Crippen LogP contribution in [0.5, 0.6) is 0 Å². The molecule has 2 N–H and O–H groups in total. The molecule has 1 atom stereocenters. The van der Waals surface area contributed by atoms with E-state index in [2.05, 4.69) is 51.0 Å². The molecule has 0 bridgehead atoms. The van der Waals surface area contributed by atoms with Gasteiger partial charge >= 0.3 is 0 Å². The molecule has 0 saturated heterocycles.